The van der Waals surface area contributed by atoms with E-state index in [-0.39, 0.29) is 16.7 Å². The highest BCUT2D eigenvalue weighted by Crippen LogP contribution is 2.32. The van der Waals surface area contributed by atoms with E-state index in [0.29, 0.717) is 13.0 Å². The Hall–Kier alpha value is -1.78. The number of rotatable bonds is 2. The first-order valence-electron chi connectivity index (χ1n) is 6.06. The molecule has 3 nitrogen and oxygen atoms in total. The molecular weight excluding hydrogens is 252 g/mol. The van der Waals surface area contributed by atoms with Gasteiger partial charge in [0.2, 0.25) is 0 Å². The van der Waals surface area contributed by atoms with Crippen molar-refractivity contribution in [3.05, 3.63) is 29.3 Å². The molecule has 1 aliphatic heterocycles. The molecule has 0 N–H and O–H groups in total. The van der Waals surface area contributed by atoms with Gasteiger partial charge in [0.1, 0.15) is 0 Å². The summed E-state index contributed by atoms with van der Waals surface area (Å²) in [5.74, 6) is -3.66. The molecule has 0 saturated carbocycles. The smallest absolute Gasteiger partial charge is 0.299 e. The zero-order valence-corrected chi connectivity index (χ0v) is 11.1. The molecule has 2 rings (SSSR count). The number of carbonyl (C=O) groups is 2. The van der Waals surface area contributed by atoms with E-state index in [2.05, 4.69) is 0 Å². The SMILES string of the molecule is CC(C)(C)CCN1C(=O)C(=O)c2cc(F)c(F)cc21. The van der Waals surface area contributed by atoms with E-state index in [1.54, 1.807) is 0 Å². The van der Waals surface area contributed by atoms with E-state index >= 15 is 0 Å². The van der Waals surface area contributed by atoms with Crippen LogP contribution in [0.5, 0.6) is 0 Å². The number of Topliss-reactive ketones (excluding diaryl/α,β-unsaturated/α-hetero) is 1. The van der Waals surface area contributed by atoms with Crippen LogP contribution in [0.15, 0.2) is 12.1 Å². The Morgan fingerprint density at radius 1 is 1.11 bits per heavy atom. The fraction of sp³-hybridized carbons (Fsp3) is 0.429. The summed E-state index contributed by atoms with van der Waals surface area (Å²) in [5, 5.41) is 0. The summed E-state index contributed by atoms with van der Waals surface area (Å²) in [5.41, 5.74) is 0.0842. The van der Waals surface area contributed by atoms with Gasteiger partial charge in [0.25, 0.3) is 11.7 Å². The minimum atomic E-state index is -1.11. The Bertz CT molecular complexity index is 561. The average Bonchev–Trinajstić information content (AvgIpc) is 2.51. The average molecular weight is 267 g/mol. The van der Waals surface area contributed by atoms with Crippen LogP contribution in [0, 0.1) is 17.0 Å². The lowest BCUT2D eigenvalue weighted by Crippen LogP contribution is -2.32. The third-order valence-corrected chi connectivity index (χ3v) is 3.10. The van der Waals surface area contributed by atoms with Gasteiger partial charge in [-0.3, -0.25) is 9.59 Å². The Labute approximate surface area is 110 Å². The van der Waals surface area contributed by atoms with E-state index in [1.165, 1.54) is 4.90 Å². The lowest BCUT2D eigenvalue weighted by molar-refractivity contribution is -0.114. The van der Waals surface area contributed by atoms with Gasteiger partial charge < -0.3 is 4.90 Å². The molecule has 0 fully saturated rings. The van der Waals surface area contributed by atoms with Crippen molar-refractivity contribution in [3.8, 4) is 0 Å². The van der Waals surface area contributed by atoms with E-state index in [4.69, 9.17) is 0 Å². The number of hydrogen-bond donors (Lipinski definition) is 0. The molecule has 1 aromatic carbocycles. The summed E-state index contributed by atoms with van der Waals surface area (Å²) < 4.78 is 26.4. The second kappa shape index (κ2) is 4.40. The van der Waals surface area contributed by atoms with Gasteiger partial charge in [0.15, 0.2) is 11.6 Å². The quantitative estimate of drug-likeness (QED) is 0.773. The predicted molar refractivity (Wildman–Crippen MR) is 67.1 cm³/mol. The van der Waals surface area contributed by atoms with Gasteiger partial charge in [-0.15, -0.1) is 0 Å². The summed E-state index contributed by atoms with van der Waals surface area (Å²) in [7, 11) is 0. The summed E-state index contributed by atoms with van der Waals surface area (Å²) in [6.45, 7) is 6.32. The second-order valence-corrected chi connectivity index (χ2v) is 5.88. The third-order valence-electron chi connectivity index (χ3n) is 3.10. The summed E-state index contributed by atoms with van der Waals surface area (Å²) in [6, 6.07) is 1.71. The van der Waals surface area contributed by atoms with Crippen LogP contribution in [0.4, 0.5) is 14.5 Å². The fourth-order valence-electron chi connectivity index (χ4n) is 1.96. The number of ketones is 1. The molecule has 0 spiro atoms. The van der Waals surface area contributed by atoms with E-state index < -0.39 is 23.3 Å². The Balaban J connectivity index is 2.36. The molecule has 0 unspecified atom stereocenters. The Morgan fingerprint density at radius 3 is 2.26 bits per heavy atom. The molecule has 1 amide bonds. The number of halogens is 2. The van der Waals surface area contributed by atoms with Crippen LogP contribution in [0.3, 0.4) is 0 Å². The Morgan fingerprint density at radius 2 is 1.68 bits per heavy atom. The van der Waals surface area contributed by atoms with Crippen LogP contribution in [-0.2, 0) is 4.79 Å². The number of benzene rings is 1. The summed E-state index contributed by atoms with van der Waals surface area (Å²) >= 11 is 0. The van der Waals surface area contributed by atoms with Crippen LogP contribution in [0.1, 0.15) is 37.6 Å². The van der Waals surface area contributed by atoms with Gasteiger partial charge in [-0.25, -0.2) is 8.78 Å². The van der Waals surface area contributed by atoms with Gasteiger partial charge in [-0.05, 0) is 17.9 Å². The van der Waals surface area contributed by atoms with Gasteiger partial charge in [0.05, 0.1) is 11.3 Å². The molecule has 1 aliphatic rings. The minimum absolute atomic E-state index is 0.0232. The maximum atomic E-state index is 13.3. The van der Waals surface area contributed by atoms with Crippen molar-refractivity contribution < 1.29 is 18.4 Å². The number of anilines is 1. The number of amides is 1. The van der Waals surface area contributed by atoms with Crippen molar-refractivity contribution in [1.82, 2.24) is 0 Å². The van der Waals surface area contributed by atoms with Crippen LogP contribution in [0.25, 0.3) is 0 Å². The number of hydrogen-bond acceptors (Lipinski definition) is 2. The second-order valence-electron chi connectivity index (χ2n) is 5.88. The molecule has 1 aromatic rings. The lowest BCUT2D eigenvalue weighted by Gasteiger charge is -2.23. The first-order chi connectivity index (χ1) is 8.70. The zero-order valence-electron chi connectivity index (χ0n) is 11.1. The predicted octanol–water partition coefficient (Wildman–Crippen LogP) is 2.93. The van der Waals surface area contributed by atoms with Crippen LogP contribution < -0.4 is 4.90 Å². The van der Waals surface area contributed by atoms with Gasteiger partial charge in [0, 0.05) is 12.6 Å². The summed E-state index contributed by atoms with van der Waals surface area (Å²) in [6.07, 6.45) is 0.657. The standard InChI is InChI=1S/C14H15F2NO2/c1-14(2,3)4-5-17-11-7-10(16)9(15)6-8(11)12(18)13(17)19/h6-7H,4-5H2,1-3H3. The third kappa shape index (κ3) is 2.50. The normalized spacial score (nSPS) is 15.1. The molecular formula is C14H15F2NO2. The maximum Gasteiger partial charge on any atom is 0.299 e. The molecule has 0 aromatic heterocycles. The Kier molecular flexibility index (Phi) is 3.16. The number of nitrogens with zero attached hydrogens (tertiary/aromatic N) is 1. The van der Waals surface area contributed by atoms with Gasteiger partial charge in [-0.2, -0.15) is 0 Å². The molecule has 19 heavy (non-hydrogen) atoms. The molecule has 102 valence electrons. The van der Waals surface area contributed by atoms with Crippen LogP contribution >= 0.6 is 0 Å². The molecule has 5 heteroatoms. The monoisotopic (exact) mass is 267 g/mol. The van der Waals surface area contributed by atoms with Crippen LogP contribution in [-0.4, -0.2) is 18.2 Å². The van der Waals surface area contributed by atoms with Crippen molar-refractivity contribution >= 4 is 17.4 Å². The van der Waals surface area contributed by atoms with Crippen molar-refractivity contribution in [1.29, 1.82) is 0 Å². The van der Waals surface area contributed by atoms with Crippen molar-refractivity contribution in [2.24, 2.45) is 5.41 Å². The highest BCUT2D eigenvalue weighted by molar-refractivity contribution is 6.52. The van der Waals surface area contributed by atoms with Crippen molar-refractivity contribution in [3.63, 3.8) is 0 Å². The highest BCUT2D eigenvalue weighted by Gasteiger charge is 2.37. The summed E-state index contributed by atoms with van der Waals surface area (Å²) in [4.78, 5) is 24.8. The van der Waals surface area contributed by atoms with E-state index in [0.717, 1.165) is 12.1 Å². The molecule has 0 aliphatic carbocycles. The van der Waals surface area contributed by atoms with E-state index in [1.807, 2.05) is 20.8 Å². The molecule has 0 atom stereocenters. The highest BCUT2D eigenvalue weighted by atomic mass is 19.2. The molecule has 0 saturated heterocycles. The van der Waals surface area contributed by atoms with Crippen molar-refractivity contribution in [2.75, 3.05) is 11.4 Å². The topological polar surface area (TPSA) is 37.4 Å². The first-order valence-corrected chi connectivity index (χ1v) is 6.06. The van der Waals surface area contributed by atoms with Gasteiger partial charge >= 0.3 is 0 Å². The zero-order chi connectivity index (χ0) is 14.4. The number of fused-ring (bicyclic) bond motifs is 1. The molecule has 0 bridgehead atoms. The lowest BCUT2D eigenvalue weighted by atomic mass is 9.92. The first kappa shape index (κ1) is 13.6. The molecule has 0 radical (unpaired) electrons. The maximum absolute atomic E-state index is 13.3. The van der Waals surface area contributed by atoms with Gasteiger partial charge in [-0.1, -0.05) is 20.8 Å². The van der Waals surface area contributed by atoms with E-state index in [9.17, 15) is 18.4 Å². The largest absolute Gasteiger partial charge is 0.305 e. The van der Waals surface area contributed by atoms with Crippen molar-refractivity contribution in [2.45, 2.75) is 27.2 Å². The molecule has 1 heterocycles. The van der Waals surface area contributed by atoms with Crippen LogP contribution in [0.2, 0.25) is 0 Å². The fourth-order valence-corrected chi connectivity index (χ4v) is 1.96. The number of carbonyl (C=O) groups excluding carboxylic acids is 2. The minimum Gasteiger partial charge on any atom is -0.305 e.